The second-order valence-corrected chi connectivity index (χ2v) is 9.38. The summed E-state index contributed by atoms with van der Waals surface area (Å²) in [5.74, 6) is -1.66. The van der Waals surface area contributed by atoms with E-state index in [1.165, 1.54) is 11.3 Å². The monoisotopic (exact) mass is 491 g/mol. The van der Waals surface area contributed by atoms with Crippen molar-refractivity contribution >= 4 is 51.5 Å². The third-order valence-corrected chi connectivity index (χ3v) is 6.58. The number of nitrogens with zero attached hydrogens (tertiary/aromatic N) is 2. The van der Waals surface area contributed by atoms with Crippen LogP contribution in [-0.4, -0.2) is 35.1 Å². The van der Waals surface area contributed by atoms with Gasteiger partial charge >= 0.3 is 5.97 Å². The quantitative estimate of drug-likeness (QED) is 0.428. The molecule has 1 aromatic heterocycles. The molecule has 3 rings (SSSR count). The van der Waals surface area contributed by atoms with Crippen molar-refractivity contribution < 1.29 is 14.7 Å². The van der Waals surface area contributed by atoms with Crippen LogP contribution in [0.3, 0.4) is 0 Å². The van der Waals surface area contributed by atoms with Gasteiger partial charge < -0.3 is 15.3 Å². The fraction of sp³-hybridized carbons (Fsp3) is 0.261. The topological polar surface area (TPSA) is 82.5 Å². The lowest BCUT2D eigenvalue weighted by molar-refractivity contribution is -0.140. The van der Waals surface area contributed by atoms with Crippen molar-refractivity contribution in [3.63, 3.8) is 0 Å². The number of aromatic nitrogens is 1. The molecule has 0 spiro atoms. The summed E-state index contributed by atoms with van der Waals surface area (Å²) in [4.78, 5) is 30.4. The molecule has 0 saturated carbocycles. The lowest BCUT2D eigenvalue weighted by Crippen LogP contribution is -2.44. The summed E-state index contributed by atoms with van der Waals surface area (Å²) in [6.45, 7) is 4.10. The van der Waals surface area contributed by atoms with Crippen LogP contribution in [0, 0.1) is 5.92 Å². The second kappa shape index (κ2) is 10.3. The van der Waals surface area contributed by atoms with Gasteiger partial charge in [0, 0.05) is 30.1 Å². The number of amides is 1. The average molecular weight is 492 g/mol. The number of thiazole rings is 1. The second-order valence-electron chi connectivity index (χ2n) is 7.73. The van der Waals surface area contributed by atoms with Gasteiger partial charge in [-0.2, -0.15) is 0 Å². The Bertz CT molecular complexity index is 1120. The molecular formula is C23H23Cl2N3O3S. The van der Waals surface area contributed by atoms with Gasteiger partial charge in [0.25, 0.3) is 5.91 Å². The highest BCUT2D eigenvalue weighted by molar-refractivity contribution is 7.14. The number of carbonyl (C=O) groups excluding carboxylic acids is 1. The third-order valence-electron chi connectivity index (χ3n) is 4.89. The van der Waals surface area contributed by atoms with Crippen LogP contribution in [0.5, 0.6) is 0 Å². The van der Waals surface area contributed by atoms with Crippen molar-refractivity contribution in [2.24, 2.45) is 5.92 Å². The minimum atomic E-state index is -1.05. The molecule has 0 bridgehead atoms. The Morgan fingerprint density at radius 3 is 2.41 bits per heavy atom. The fourth-order valence-electron chi connectivity index (χ4n) is 3.07. The SMILES string of the molecule is CC(C)C(NC(=O)c1ccc(CN(C)c2nc(-c3ccc(Cl)c(Cl)c3)cs2)cc1)C(=O)O. The van der Waals surface area contributed by atoms with E-state index in [-0.39, 0.29) is 5.92 Å². The van der Waals surface area contributed by atoms with Crippen LogP contribution in [-0.2, 0) is 11.3 Å². The lowest BCUT2D eigenvalue weighted by Gasteiger charge is -2.18. The molecule has 32 heavy (non-hydrogen) atoms. The van der Waals surface area contributed by atoms with E-state index >= 15 is 0 Å². The zero-order valence-electron chi connectivity index (χ0n) is 17.8. The van der Waals surface area contributed by atoms with Crippen LogP contribution >= 0.6 is 34.5 Å². The molecule has 1 amide bonds. The van der Waals surface area contributed by atoms with Crippen molar-refractivity contribution in [2.75, 3.05) is 11.9 Å². The Kier molecular flexibility index (Phi) is 7.77. The largest absolute Gasteiger partial charge is 0.480 e. The molecule has 0 aliphatic carbocycles. The van der Waals surface area contributed by atoms with Gasteiger partial charge in [0.15, 0.2) is 5.13 Å². The van der Waals surface area contributed by atoms with Crippen LogP contribution < -0.4 is 10.2 Å². The van der Waals surface area contributed by atoms with Gasteiger partial charge in [-0.05, 0) is 35.7 Å². The smallest absolute Gasteiger partial charge is 0.326 e. The summed E-state index contributed by atoms with van der Waals surface area (Å²) in [6, 6.07) is 11.6. The molecule has 0 aliphatic rings. The Labute approximate surface area is 200 Å². The predicted octanol–water partition coefficient (Wildman–Crippen LogP) is 5.59. The molecule has 1 unspecified atom stereocenters. The molecule has 1 heterocycles. The van der Waals surface area contributed by atoms with Gasteiger partial charge in [0.2, 0.25) is 0 Å². The Balaban J connectivity index is 1.65. The van der Waals surface area contributed by atoms with E-state index in [1.54, 1.807) is 38.1 Å². The van der Waals surface area contributed by atoms with Crippen molar-refractivity contribution in [3.8, 4) is 11.3 Å². The number of halogens is 2. The van der Waals surface area contributed by atoms with E-state index in [4.69, 9.17) is 23.2 Å². The first-order valence-corrected chi connectivity index (χ1v) is 11.5. The molecule has 9 heteroatoms. The third kappa shape index (κ3) is 5.79. The first-order valence-electron chi connectivity index (χ1n) is 9.90. The molecule has 6 nitrogen and oxygen atoms in total. The summed E-state index contributed by atoms with van der Waals surface area (Å²) in [5.41, 5.74) is 3.13. The number of hydrogen-bond acceptors (Lipinski definition) is 5. The van der Waals surface area contributed by atoms with Gasteiger partial charge in [-0.25, -0.2) is 9.78 Å². The molecule has 168 valence electrons. The van der Waals surface area contributed by atoms with Crippen molar-refractivity contribution in [3.05, 3.63) is 69.0 Å². The first-order chi connectivity index (χ1) is 15.2. The molecule has 2 N–H and O–H groups in total. The maximum Gasteiger partial charge on any atom is 0.326 e. The van der Waals surface area contributed by atoms with Crippen LogP contribution in [0.2, 0.25) is 10.0 Å². The van der Waals surface area contributed by atoms with E-state index in [9.17, 15) is 14.7 Å². The van der Waals surface area contributed by atoms with Gasteiger partial charge in [-0.15, -0.1) is 11.3 Å². The minimum Gasteiger partial charge on any atom is -0.480 e. The first kappa shape index (κ1) is 24.0. The number of carboxylic acids is 1. The molecule has 0 fully saturated rings. The molecule has 1 atom stereocenters. The van der Waals surface area contributed by atoms with Gasteiger partial charge in [0.1, 0.15) is 6.04 Å². The molecular weight excluding hydrogens is 469 g/mol. The van der Waals surface area contributed by atoms with E-state index in [0.717, 1.165) is 22.0 Å². The standard InChI is InChI=1S/C23H23Cl2N3O3S/c1-13(2)20(22(30)31)27-21(29)15-6-4-14(5-7-15)11-28(3)23-26-19(12-32-23)16-8-9-17(24)18(25)10-16/h4-10,12-13,20H,11H2,1-3H3,(H,27,29)(H,30,31). The number of anilines is 1. The number of hydrogen-bond donors (Lipinski definition) is 2. The number of carbonyl (C=O) groups is 2. The van der Waals surface area contributed by atoms with E-state index in [0.29, 0.717) is 22.2 Å². The Hall–Kier alpha value is -2.61. The lowest BCUT2D eigenvalue weighted by atomic mass is 10.0. The van der Waals surface area contributed by atoms with Gasteiger partial charge in [-0.1, -0.05) is 55.2 Å². The molecule has 3 aromatic rings. The van der Waals surface area contributed by atoms with Crippen LogP contribution in [0.15, 0.2) is 47.8 Å². The van der Waals surface area contributed by atoms with Gasteiger partial charge in [-0.3, -0.25) is 4.79 Å². The van der Waals surface area contributed by atoms with E-state index < -0.39 is 17.9 Å². The average Bonchev–Trinajstić information content (AvgIpc) is 3.24. The highest BCUT2D eigenvalue weighted by Crippen LogP contribution is 2.31. The van der Waals surface area contributed by atoms with Gasteiger partial charge in [0.05, 0.1) is 15.7 Å². The maximum absolute atomic E-state index is 12.4. The summed E-state index contributed by atoms with van der Waals surface area (Å²) in [7, 11) is 1.94. The molecule has 0 radical (unpaired) electrons. The normalized spacial score (nSPS) is 11.9. The number of benzene rings is 2. The molecule has 0 saturated heterocycles. The number of nitrogens with one attached hydrogen (secondary N) is 1. The highest BCUT2D eigenvalue weighted by Gasteiger charge is 2.23. The van der Waals surface area contributed by atoms with Crippen molar-refractivity contribution in [1.29, 1.82) is 0 Å². The predicted molar refractivity (Wildman–Crippen MR) is 130 cm³/mol. The Morgan fingerprint density at radius 1 is 1.12 bits per heavy atom. The molecule has 2 aromatic carbocycles. The number of aliphatic carboxylic acids is 1. The summed E-state index contributed by atoms with van der Waals surface area (Å²) >= 11 is 13.6. The van der Waals surface area contributed by atoms with E-state index in [1.807, 2.05) is 35.5 Å². The highest BCUT2D eigenvalue weighted by atomic mass is 35.5. The summed E-state index contributed by atoms with van der Waals surface area (Å²) in [5, 5.41) is 15.6. The summed E-state index contributed by atoms with van der Waals surface area (Å²) < 4.78 is 0. The number of carboxylic acid groups (broad SMARTS) is 1. The molecule has 0 aliphatic heterocycles. The van der Waals surface area contributed by atoms with E-state index in [2.05, 4.69) is 10.3 Å². The van der Waals surface area contributed by atoms with Crippen LogP contribution in [0.25, 0.3) is 11.3 Å². The van der Waals surface area contributed by atoms with Crippen molar-refractivity contribution in [2.45, 2.75) is 26.4 Å². The van der Waals surface area contributed by atoms with Crippen LogP contribution in [0.4, 0.5) is 5.13 Å². The Morgan fingerprint density at radius 2 is 1.81 bits per heavy atom. The maximum atomic E-state index is 12.4. The number of rotatable bonds is 8. The zero-order chi connectivity index (χ0) is 23.4. The van der Waals surface area contributed by atoms with Crippen molar-refractivity contribution in [1.82, 2.24) is 10.3 Å². The zero-order valence-corrected chi connectivity index (χ0v) is 20.1. The minimum absolute atomic E-state index is 0.212. The van der Waals surface area contributed by atoms with Crippen LogP contribution in [0.1, 0.15) is 29.8 Å². The summed E-state index contributed by atoms with van der Waals surface area (Å²) in [6.07, 6.45) is 0. The fourth-order valence-corrected chi connectivity index (χ4v) is 4.17.